The van der Waals surface area contributed by atoms with E-state index in [1.54, 1.807) is 31.2 Å². The lowest BCUT2D eigenvalue weighted by Gasteiger charge is -2.11. The Kier molecular flexibility index (Phi) is 8.69. The van der Waals surface area contributed by atoms with Crippen LogP contribution in [0.25, 0.3) is 0 Å². The SMILES string of the molecule is CCOC(=O)C(N)c1ccccc1F.NC(CO)c1ccccc1F. The Labute approximate surface area is 145 Å². The van der Waals surface area contributed by atoms with Gasteiger partial charge in [0.25, 0.3) is 0 Å². The summed E-state index contributed by atoms with van der Waals surface area (Å²) in [6.07, 6.45) is 0. The Morgan fingerprint density at radius 2 is 1.52 bits per heavy atom. The van der Waals surface area contributed by atoms with Crippen molar-refractivity contribution >= 4 is 5.97 Å². The molecule has 0 heterocycles. The first kappa shape index (κ1) is 20.7. The third kappa shape index (κ3) is 6.22. The number of carbonyl (C=O) groups is 1. The van der Waals surface area contributed by atoms with Crippen LogP contribution in [-0.2, 0) is 9.53 Å². The number of hydrogen-bond acceptors (Lipinski definition) is 5. The highest BCUT2D eigenvalue weighted by Crippen LogP contribution is 2.15. The molecule has 2 atom stereocenters. The summed E-state index contributed by atoms with van der Waals surface area (Å²) in [6, 6.07) is 10.4. The van der Waals surface area contributed by atoms with Gasteiger partial charge in [-0.05, 0) is 19.1 Å². The van der Waals surface area contributed by atoms with Gasteiger partial charge >= 0.3 is 5.97 Å². The molecule has 0 fully saturated rings. The van der Waals surface area contributed by atoms with E-state index < -0.39 is 23.9 Å². The molecule has 2 unspecified atom stereocenters. The number of ether oxygens (including phenoxy) is 1. The van der Waals surface area contributed by atoms with Crippen molar-refractivity contribution in [2.45, 2.75) is 19.0 Å². The van der Waals surface area contributed by atoms with Gasteiger partial charge in [0.1, 0.15) is 17.7 Å². The van der Waals surface area contributed by atoms with E-state index in [0.29, 0.717) is 5.56 Å². The van der Waals surface area contributed by atoms with Crippen molar-refractivity contribution in [2.24, 2.45) is 11.5 Å². The zero-order chi connectivity index (χ0) is 18.8. The van der Waals surface area contributed by atoms with Crippen LogP contribution in [0.4, 0.5) is 8.78 Å². The van der Waals surface area contributed by atoms with Crippen LogP contribution in [0.3, 0.4) is 0 Å². The predicted molar refractivity (Wildman–Crippen MR) is 90.4 cm³/mol. The van der Waals surface area contributed by atoms with Crippen molar-refractivity contribution in [3.8, 4) is 0 Å². The van der Waals surface area contributed by atoms with Gasteiger partial charge in [0.2, 0.25) is 0 Å². The van der Waals surface area contributed by atoms with Gasteiger partial charge in [-0.15, -0.1) is 0 Å². The quantitative estimate of drug-likeness (QED) is 0.717. The number of rotatable bonds is 5. The molecule has 2 rings (SSSR count). The predicted octanol–water partition coefficient (Wildman–Crippen LogP) is 2.21. The Hall–Kier alpha value is -2.35. The molecule has 7 heteroatoms. The molecule has 2 aromatic carbocycles. The lowest BCUT2D eigenvalue weighted by atomic mass is 10.1. The smallest absolute Gasteiger partial charge is 0.327 e. The molecule has 0 aliphatic rings. The second-order valence-corrected chi connectivity index (χ2v) is 5.06. The van der Waals surface area contributed by atoms with Crippen LogP contribution in [0.2, 0.25) is 0 Å². The summed E-state index contributed by atoms with van der Waals surface area (Å²) >= 11 is 0. The molecular weight excluding hydrogens is 330 g/mol. The maximum Gasteiger partial charge on any atom is 0.327 e. The van der Waals surface area contributed by atoms with Crippen molar-refractivity contribution < 1.29 is 23.4 Å². The van der Waals surface area contributed by atoms with Crippen molar-refractivity contribution in [3.63, 3.8) is 0 Å². The lowest BCUT2D eigenvalue weighted by molar-refractivity contribution is -0.144. The molecule has 0 saturated heterocycles. The molecule has 5 N–H and O–H groups in total. The summed E-state index contributed by atoms with van der Waals surface area (Å²) < 4.78 is 30.7. The average Bonchev–Trinajstić information content (AvgIpc) is 2.62. The van der Waals surface area contributed by atoms with Gasteiger partial charge in [-0.1, -0.05) is 36.4 Å². The number of aliphatic hydroxyl groups excluding tert-OH is 1. The van der Waals surface area contributed by atoms with Gasteiger partial charge in [-0.25, -0.2) is 13.6 Å². The Morgan fingerprint density at radius 3 is 1.96 bits per heavy atom. The molecule has 0 saturated carbocycles. The fourth-order valence-corrected chi connectivity index (χ4v) is 1.96. The van der Waals surface area contributed by atoms with E-state index >= 15 is 0 Å². The van der Waals surface area contributed by atoms with E-state index in [-0.39, 0.29) is 24.6 Å². The first-order chi connectivity index (χ1) is 11.9. The molecule has 5 nitrogen and oxygen atoms in total. The van der Waals surface area contributed by atoms with E-state index in [1.807, 2.05) is 0 Å². The third-order valence-electron chi connectivity index (χ3n) is 3.28. The molecule has 136 valence electrons. The van der Waals surface area contributed by atoms with Crippen LogP contribution in [-0.4, -0.2) is 24.3 Å². The normalized spacial score (nSPS) is 12.6. The highest BCUT2D eigenvalue weighted by Gasteiger charge is 2.19. The summed E-state index contributed by atoms with van der Waals surface area (Å²) in [5.41, 5.74) is 11.4. The second kappa shape index (κ2) is 10.5. The number of esters is 1. The summed E-state index contributed by atoms with van der Waals surface area (Å²) in [4.78, 5) is 11.2. The van der Waals surface area contributed by atoms with E-state index in [9.17, 15) is 13.6 Å². The Morgan fingerprint density at radius 1 is 1.04 bits per heavy atom. The minimum atomic E-state index is -1.05. The molecule has 0 amide bonds. The zero-order valence-corrected chi connectivity index (χ0v) is 13.9. The lowest BCUT2D eigenvalue weighted by Crippen LogP contribution is -2.24. The number of carbonyl (C=O) groups excluding carboxylic acids is 1. The molecule has 0 bridgehead atoms. The number of benzene rings is 2. The van der Waals surface area contributed by atoms with Gasteiger partial charge in [-0.2, -0.15) is 0 Å². The first-order valence-corrected chi connectivity index (χ1v) is 7.69. The highest BCUT2D eigenvalue weighted by atomic mass is 19.1. The average molecular weight is 352 g/mol. The largest absolute Gasteiger partial charge is 0.465 e. The van der Waals surface area contributed by atoms with Gasteiger partial charge in [0.15, 0.2) is 0 Å². The highest BCUT2D eigenvalue weighted by molar-refractivity contribution is 5.77. The Balaban J connectivity index is 0.000000257. The number of nitrogens with two attached hydrogens (primary N) is 2. The number of hydrogen-bond donors (Lipinski definition) is 3. The Bertz CT molecular complexity index is 683. The summed E-state index contributed by atoms with van der Waals surface area (Å²) in [5, 5.41) is 8.62. The molecule has 0 spiro atoms. The van der Waals surface area contributed by atoms with Crippen LogP contribution in [0.5, 0.6) is 0 Å². The van der Waals surface area contributed by atoms with E-state index in [1.165, 1.54) is 24.3 Å². The van der Waals surface area contributed by atoms with Crippen molar-refractivity contribution in [1.82, 2.24) is 0 Å². The van der Waals surface area contributed by atoms with E-state index in [2.05, 4.69) is 4.74 Å². The number of aliphatic hydroxyl groups is 1. The van der Waals surface area contributed by atoms with Gasteiger partial charge in [0, 0.05) is 11.1 Å². The van der Waals surface area contributed by atoms with Crippen molar-refractivity contribution in [1.29, 1.82) is 0 Å². The first-order valence-electron chi connectivity index (χ1n) is 7.69. The third-order valence-corrected chi connectivity index (χ3v) is 3.28. The molecule has 0 aromatic heterocycles. The summed E-state index contributed by atoms with van der Waals surface area (Å²) in [6.45, 7) is 1.67. The minimum Gasteiger partial charge on any atom is -0.465 e. The molecular formula is C18H22F2N2O3. The number of halogens is 2. The van der Waals surface area contributed by atoms with Crippen LogP contribution >= 0.6 is 0 Å². The zero-order valence-electron chi connectivity index (χ0n) is 13.9. The summed E-state index contributed by atoms with van der Waals surface area (Å²) in [7, 11) is 0. The molecule has 0 radical (unpaired) electrons. The fourth-order valence-electron chi connectivity index (χ4n) is 1.96. The topological polar surface area (TPSA) is 98.6 Å². The van der Waals surface area contributed by atoms with Crippen molar-refractivity contribution in [2.75, 3.05) is 13.2 Å². The van der Waals surface area contributed by atoms with Crippen molar-refractivity contribution in [3.05, 3.63) is 71.3 Å². The standard InChI is InChI=1S/C10H12FNO2.C8H10FNO/c1-2-14-10(13)9(12)7-5-3-4-6-8(7)11;9-7-4-2-1-3-6(7)8(10)5-11/h3-6,9H,2,12H2,1H3;1-4,8,11H,5,10H2. The maximum absolute atomic E-state index is 13.2. The molecule has 2 aromatic rings. The second-order valence-electron chi connectivity index (χ2n) is 5.06. The van der Waals surface area contributed by atoms with Crippen LogP contribution in [0.15, 0.2) is 48.5 Å². The fraction of sp³-hybridized carbons (Fsp3) is 0.278. The van der Waals surface area contributed by atoms with E-state index in [0.717, 1.165) is 0 Å². The van der Waals surface area contributed by atoms with Crippen LogP contribution in [0, 0.1) is 11.6 Å². The molecule has 25 heavy (non-hydrogen) atoms. The van der Waals surface area contributed by atoms with Gasteiger partial charge < -0.3 is 21.3 Å². The van der Waals surface area contributed by atoms with E-state index in [4.69, 9.17) is 16.6 Å². The van der Waals surface area contributed by atoms with Crippen LogP contribution < -0.4 is 11.5 Å². The summed E-state index contributed by atoms with van der Waals surface area (Å²) in [5.74, 6) is -1.47. The molecule has 0 aliphatic heterocycles. The monoisotopic (exact) mass is 352 g/mol. The minimum absolute atomic E-state index is 0.158. The van der Waals surface area contributed by atoms with Gasteiger partial charge in [-0.3, -0.25) is 0 Å². The van der Waals surface area contributed by atoms with Crippen LogP contribution in [0.1, 0.15) is 30.1 Å². The van der Waals surface area contributed by atoms with Gasteiger partial charge in [0.05, 0.1) is 19.3 Å². The maximum atomic E-state index is 13.2. The molecule has 0 aliphatic carbocycles.